The molecule has 4 heterocycles. The van der Waals surface area contributed by atoms with Crippen LogP contribution in [0.4, 0.5) is 5.82 Å². The van der Waals surface area contributed by atoms with Crippen LogP contribution in [0.15, 0.2) is 9.85 Å². The predicted octanol–water partition coefficient (Wildman–Crippen LogP) is 2.71. The summed E-state index contributed by atoms with van der Waals surface area (Å²) in [6, 6.07) is 2.02. The van der Waals surface area contributed by atoms with E-state index in [1.165, 1.54) is 26.2 Å². The van der Waals surface area contributed by atoms with E-state index in [0.29, 0.717) is 5.82 Å². The Morgan fingerprint density at radius 1 is 1.20 bits per heavy atom. The number of fused-ring (bicyclic) bond motifs is 3. The normalized spacial score (nSPS) is 17.1. The third-order valence-corrected chi connectivity index (χ3v) is 6.67. The molecule has 0 bridgehead atoms. The summed E-state index contributed by atoms with van der Waals surface area (Å²) in [5.74, 6) is 1.61. The summed E-state index contributed by atoms with van der Waals surface area (Å²) in [5.41, 5.74) is 9.04. The van der Waals surface area contributed by atoms with Crippen LogP contribution in [-0.2, 0) is 13.5 Å². The van der Waals surface area contributed by atoms with Gasteiger partial charge < -0.3 is 20.1 Å². The van der Waals surface area contributed by atoms with Gasteiger partial charge >= 0.3 is 0 Å². The fourth-order valence-corrected chi connectivity index (χ4v) is 5.13. The van der Waals surface area contributed by atoms with E-state index in [0.717, 1.165) is 50.2 Å². The third-order valence-electron chi connectivity index (χ3n) is 5.04. The zero-order valence-electron chi connectivity index (χ0n) is 14.6. The Morgan fingerprint density at radius 2 is 1.96 bits per heavy atom. The number of rotatable bonds is 4. The van der Waals surface area contributed by atoms with Gasteiger partial charge in [-0.05, 0) is 42.0 Å². The maximum atomic E-state index is 6.16. The van der Waals surface area contributed by atoms with Crippen molar-refractivity contribution in [2.24, 2.45) is 7.05 Å². The first kappa shape index (κ1) is 17.2. The number of nitrogens with two attached hydrogens (primary N) is 1. The predicted molar refractivity (Wildman–Crippen MR) is 108 cm³/mol. The van der Waals surface area contributed by atoms with Crippen LogP contribution in [0.3, 0.4) is 0 Å². The second-order valence-electron chi connectivity index (χ2n) is 6.79. The molecule has 0 unspecified atom stereocenters. The fourth-order valence-electron chi connectivity index (χ4n) is 3.53. The Kier molecular flexibility index (Phi) is 4.70. The highest BCUT2D eigenvalue weighted by molar-refractivity contribution is 9.11. The molecule has 1 aliphatic heterocycles. The van der Waals surface area contributed by atoms with Crippen molar-refractivity contribution < 1.29 is 0 Å². The lowest BCUT2D eigenvalue weighted by Gasteiger charge is -2.32. The number of likely N-dealkylation sites (N-methyl/N-ethyl adjacent to an activating group) is 1. The molecule has 25 heavy (non-hydrogen) atoms. The number of nitrogen functional groups attached to an aromatic ring is 1. The van der Waals surface area contributed by atoms with Gasteiger partial charge in [0.15, 0.2) is 5.82 Å². The molecule has 1 fully saturated rings. The number of nitrogens with zero attached hydrogens (tertiary/aromatic N) is 5. The topological polar surface area (TPSA) is 63.2 Å². The molecule has 0 saturated carbocycles. The lowest BCUT2D eigenvalue weighted by atomic mass is 10.2. The monoisotopic (exact) mass is 422 g/mol. The van der Waals surface area contributed by atoms with Crippen LogP contribution in [0.25, 0.3) is 21.3 Å². The van der Waals surface area contributed by atoms with Crippen LogP contribution >= 0.6 is 27.3 Å². The molecule has 0 amide bonds. The molecule has 6 nitrogen and oxygen atoms in total. The molecular weight excluding hydrogens is 400 g/mol. The average molecular weight is 423 g/mol. The van der Waals surface area contributed by atoms with Gasteiger partial charge in [0.05, 0.1) is 19.5 Å². The first-order valence-electron chi connectivity index (χ1n) is 8.63. The van der Waals surface area contributed by atoms with Crippen molar-refractivity contribution in [3.05, 3.63) is 15.7 Å². The van der Waals surface area contributed by atoms with Crippen molar-refractivity contribution >= 4 is 54.3 Å². The molecule has 1 aliphatic rings. The minimum absolute atomic E-state index is 0.522. The Labute approximate surface area is 159 Å². The van der Waals surface area contributed by atoms with E-state index in [2.05, 4.69) is 49.4 Å². The van der Waals surface area contributed by atoms with Crippen LogP contribution in [0.1, 0.15) is 12.2 Å². The van der Waals surface area contributed by atoms with E-state index < -0.39 is 0 Å². The molecular formula is C17H23BrN6S. The molecule has 0 atom stereocenters. The maximum Gasteiger partial charge on any atom is 0.152 e. The lowest BCUT2D eigenvalue weighted by Crippen LogP contribution is -2.44. The molecule has 134 valence electrons. The van der Waals surface area contributed by atoms with Gasteiger partial charge in [0.1, 0.15) is 11.3 Å². The Bertz CT molecular complexity index is 909. The summed E-state index contributed by atoms with van der Waals surface area (Å²) in [7, 11) is 4.28. The lowest BCUT2D eigenvalue weighted by molar-refractivity contribution is 0.153. The largest absolute Gasteiger partial charge is 0.382 e. The maximum absolute atomic E-state index is 6.16. The molecule has 3 aromatic rings. The summed E-state index contributed by atoms with van der Waals surface area (Å²) in [5, 5.41) is 0. The van der Waals surface area contributed by atoms with Gasteiger partial charge in [-0.25, -0.2) is 9.97 Å². The Balaban J connectivity index is 1.55. The number of aromatic nitrogens is 3. The first-order chi connectivity index (χ1) is 12.0. The average Bonchev–Trinajstić information content (AvgIpc) is 3.10. The van der Waals surface area contributed by atoms with Crippen molar-refractivity contribution in [3.63, 3.8) is 0 Å². The molecule has 8 heteroatoms. The van der Waals surface area contributed by atoms with E-state index in [1.54, 1.807) is 11.3 Å². The molecule has 0 aromatic carbocycles. The molecule has 4 rings (SSSR count). The van der Waals surface area contributed by atoms with Gasteiger partial charge in [-0.3, -0.25) is 0 Å². The van der Waals surface area contributed by atoms with Crippen LogP contribution in [-0.4, -0.2) is 64.1 Å². The third kappa shape index (κ3) is 3.28. The van der Waals surface area contributed by atoms with E-state index >= 15 is 0 Å². The standard InChI is InChI=1S/C17H23BrN6S/c1-22-6-8-24(9-7-22)5-3-4-13-21-14-15(23(13)2)16-11(20-17(14)19)10-12(18)25-16/h10H,3-9H2,1-2H3,(H2,19,20). The summed E-state index contributed by atoms with van der Waals surface area (Å²) >= 11 is 5.25. The molecule has 2 N–H and O–H groups in total. The highest BCUT2D eigenvalue weighted by Crippen LogP contribution is 2.36. The van der Waals surface area contributed by atoms with Gasteiger partial charge in [0, 0.05) is 39.6 Å². The number of aryl methyl sites for hydroxylation is 2. The van der Waals surface area contributed by atoms with Crippen molar-refractivity contribution in [2.75, 3.05) is 45.5 Å². The molecule has 0 radical (unpaired) electrons. The molecule has 0 spiro atoms. The zero-order chi connectivity index (χ0) is 17.6. The van der Waals surface area contributed by atoms with E-state index in [-0.39, 0.29) is 0 Å². The number of hydrogen-bond acceptors (Lipinski definition) is 6. The van der Waals surface area contributed by atoms with Crippen LogP contribution in [0, 0.1) is 0 Å². The van der Waals surface area contributed by atoms with Crippen LogP contribution in [0.2, 0.25) is 0 Å². The number of imidazole rings is 1. The van der Waals surface area contributed by atoms with Crippen LogP contribution in [0.5, 0.6) is 0 Å². The number of thiophene rings is 1. The summed E-state index contributed by atoms with van der Waals surface area (Å²) in [6.07, 6.45) is 2.08. The van der Waals surface area contributed by atoms with Crippen molar-refractivity contribution in [3.8, 4) is 0 Å². The SMILES string of the molecule is CN1CCN(CCCc2nc3c(N)nc4cc(Br)sc4c3n2C)CC1. The fraction of sp³-hybridized carbons (Fsp3) is 0.529. The summed E-state index contributed by atoms with van der Waals surface area (Å²) in [4.78, 5) is 14.3. The van der Waals surface area contributed by atoms with Gasteiger partial charge in [0.2, 0.25) is 0 Å². The summed E-state index contributed by atoms with van der Waals surface area (Å²) < 4.78 is 4.42. The summed E-state index contributed by atoms with van der Waals surface area (Å²) in [6.45, 7) is 5.80. The van der Waals surface area contributed by atoms with E-state index in [9.17, 15) is 0 Å². The number of halogens is 1. The van der Waals surface area contributed by atoms with Crippen LogP contribution < -0.4 is 5.73 Å². The Morgan fingerprint density at radius 3 is 2.72 bits per heavy atom. The van der Waals surface area contributed by atoms with Gasteiger partial charge in [-0.15, -0.1) is 11.3 Å². The molecule has 1 saturated heterocycles. The van der Waals surface area contributed by atoms with Gasteiger partial charge in [-0.2, -0.15) is 0 Å². The van der Waals surface area contributed by atoms with Gasteiger partial charge in [-0.1, -0.05) is 0 Å². The van der Waals surface area contributed by atoms with E-state index in [1.807, 2.05) is 6.07 Å². The minimum Gasteiger partial charge on any atom is -0.382 e. The number of piperazine rings is 1. The van der Waals surface area contributed by atoms with E-state index in [4.69, 9.17) is 10.7 Å². The highest BCUT2D eigenvalue weighted by atomic mass is 79.9. The second kappa shape index (κ2) is 6.83. The second-order valence-corrected chi connectivity index (χ2v) is 9.23. The Hall–Kier alpha value is -1.22. The van der Waals surface area contributed by atoms with Crippen molar-refractivity contribution in [2.45, 2.75) is 12.8 Å². The molecule has 0 aliphatic carbocycles. The number of hydrogen-bond donors (Lipinski definition) is 1. The quantitative estimate of drug-likeness (QED) is 0.699. The van der Waals surface area contributed by atoms with Gasteiger partial charge in [0.25, 0.3) is 0 Å². The minimum atomic E-state index is 0.522. The number of anilines is 1. The highest BCUT2D eigenvalue weighted by Gasteiger charge is 2.18. The smallest absolute Gasteiger partial charge is 0.152 e. The van der Waals surface area contributed by atoms with Crippen molar-refractivity contribution in [1.29, 1.82) is 0 Å². The number of pyridine rings is 1. The zero-order valence-corrected chi connectivity index (χ0v) is 17.0. The first-order valence-corrected chi connectivity index (χ1v) is 10.2. The molecule has 3 aromatic heterocycles. The van der Waals surface area contributed by atoms with Crippen molar-refractivity contribution in [1.82, 2.24) is 24.3 Å².